The van der Waals surface area contributed by atoms with E-state index in [1.54, 1.807) is 0 Å². The molecule has 0 aliphatic carbocycles. The van der Waals surface area contributed by atoms with Crippen molar-refractivity contribution < 1.29 is 24.6 Å². The van der Waals surface area contributed by atoms with Crippen molar-refractivity contribution >= 4 is 18.0 Å². The topological polar surface area (TPSA) is 107 Å². The standard InChI is InChI=1S/C14H22N2O5/c1-14(2,3)9-4-6-16(7-5-9)13(21)15-10(12(19)20)8-11(17)18/h4,10H,5-8H2,1-3H3,(H,15,21)(H,17,18)(H,19,20)/t10-/m0/s1. The first-order valence-corrected chi connectivity index (χ1v) is 6.81. The SMILES string of the molecule is CC(C)(C)C1=CCN(C(=O)N[C@@H](CC(=O)O)C(=O)O)CC1. The fraction of sp³-hybridized carbons (Fsp3) is 0.643. The van der Waals surface area contributed by atoms with Crippen LogP contribution in [0.5, 0.6) is 0 Å². The minimum atomic E-state index is -1.41. The van der Waals surface area contributed by atoms with E-state index in [1.807, 2.05) is 6.08 Å². The van der Waals surface area contributed by atoms with Crippen LogP contribution in [0.15, 0.2) is 11.6 Å². The van der Waals surface area contributed by atoms with Gasteiger partial charge in [-0.05, 0) is 11.8 Å². The number of nitrogens with zero attached hydrogens (tertiary/aromatic N) is 1. The smallest absolute Gasteiger partial charge is 0.326 e. The molecule has 1 aliphatic rings. The number of carboxylic acids is 2. The van der Waals surface area contributed by atoms with E-state index in [2.05, 4.69) is 26.1 Å². The molecular weight excluding hydrogens is 276 g/mol. The van der Waals surface area contributed by atoms with Gasteiger partial charge in [0, 0.05) is 13.1 Å². The third-order valence-electron chi connectivity index (χ3n) is 3.43. The van der Waals surface area contributed by atoms with Gasteiger partial charge in [0.25, 0.3) is 0 Å². The Labute approximate surface area is 123 Å². The molecule has 0 aromatic carbocycles. The maximum absolute atomic E-state index is 12.0. The third-order valence-corrected chi connectivity index (χ3v) is 3.43. The Morgan fingerprint density at radius 1 is 1.33 bits per heavy atom. The van der Waals surface area contributed by atoms with Crippen molar-refractivity contribution in [2.24, 2.45) is 5.41 Å². The Hall–Kier alpha value is -2.05. The van der Waals surface area contributed by atoms with Gasteiger partial charge in [-0.3, -0.25) is 4.79 Å². The zero-order valence-corrected chi connectivity index (χ0v) is 12.5. The van der Waals surface area contributed by atoms with Crippen LogP contribution in [0.1, 0.15) is 33.6 Å². The molecule has 21 heavy (non-hydrogen) atoms. The molecule has 1 rings (SSSR count). The maximum Gasteiger partial charge on any atom is 0.326 e. The number of urea groups is 1. The van der Waals surface area contributed by atoms with Crippen molar-refractivity contribution in [3.8, 4) is 0 Å². The molecule has 118 valence electrons. The number of hydrogen-bond acceptors (Lipinski definition) is 3. The van der Waals surface area contributed by atoms with Gasteiger partial charge < -0.3 is 20.4 Å². The fourth-order valence-electron chi connectivity index (χ4n) is 2.15. The van der Waals surface area contributed by atoms with Crippen LogP contribution in [0, 0.1) is 5.41 Å². The molecule has 0 unspecified atom stereocenters. The van der Waals surface area contributed by atoms with E-state index in [4.69, 9.17) is 10.2 Å². The van der Waals surface area contributed by atoms with E-state index >= 15 is 0 Å². The molecule has 0 bridgehead atoms. The first-order chi connectivity index (χ1) is 9.61. The molecule has 0 saturated heterocycles. The molecular formula is C14H22N2O5. The molecule has 0 fully saturated rings. The summed E-state index contributed by atoms with van der Waals surface area (Å²) in [6.45, 7) is 7.19. The van der Waals surface area contributed by atoms with E-state index < -0.39 is 30.4 Å². The summed E-state index contributed by atoms with van der Waals surface area (Å²) in [4.78, 5) is 35.0. The second kappa shape index (κ2) is 6.60. The average Bonchev–Trinajstić information content (AvgIpc) is 2.36. The summed E-state index contributed by atoms with van der Waals surface area (Å²) in [5, 5.41) is 19.8. The van der Waals surface area contributed by atoms with Crippen molar-refractivity contribution in [3.63, 3.8) is 0 Å². The minimum Gasteiger partial charge on any atom is -0.481 e. The molecule has 0 saturated carbocycles. The van der Waals surface area contributed by atoms with E-state index in [9.17, 15) is 14.4 Å². The minimum absolute atomic E-state index is 0.0511. The average molecular weight is 298 g/mol. The lowest BCUT2D eigenvalue weighted by molar-refractivity contribution is -0.145. The molecule has 7 heteroatoms. The van der Waals surface area contributed by atoms with Crippen molar-refractivity contribution in [2.45, 2.75) is 39.7 Å². The summed E-state index contributed by atoms with van der Waals surface area (Å²) in [7, 11) is 0. The quantitative estimate of drug-likeness (QED) is 0.678. The molecule has 3 N–H and O–H groups in total. The number of amides is 2. The molecule has 7 nitrogen and oxygen atoms in total. The molecule has 1 heterocycles. The van der Waals surface area contributed by atoms with Crippen LogP contribution in [-0.2, 0) is 9.59 Å². The number of carboxylic acid groups (broad SMARTS) is 2. The van der Waals surface area contributed by atoms with Crippen molar-refractivity contribution in [1.82, 2.24) is 10.2 Å². The van der Waals surface area contributed by atoms with E-state index in [0.717, 1.165) is 6.42 Å². The predicted octanol–water partition coefficient (Wildman–Crippen LogP) is 1.30. The summed E-state index contributed by atoms with van der Waals surface area (Å²) >= 11 is 0. The summed E-state index contributed by atoms with van der Waals surface area (Å²) in [6, 6.07) is -1.96. The highest BCUT2D eigenvalue weighted by molar-refractivity contribution is 5.86. The largest absolute Gasteiger partial charge is 0.481 e. The monoisotopic (exact) mass is 298 g/mol. The van der Waals surface area contributed by atoms with Crippen molar-refractivity contribution in [2.75, 3.05) is 13.1 Å². The van der Waals surface area contributed by atoms with Gasteiger partial charge in [0.1, 0.15) is 6.04 Å². The maximum atomic E-state index is 12.0. The zero-order chi connectivity index (χ0) is 16.2. The number of nitrogens with one attached hydrogen (secondary N) is 1. The third kappa shape index (κ3) is 5.09. The molecule has 0 aromatic heterocycles. The van der Waals surface area contributed by atoms with Gasteiger partial charge in [-0.15, -0.1) is 0 Å². The second-order valence-corrected chi connectivity index (χ2v) is 6.11. The predicted molar refractivity (Wildman–Crippen MR) is 75.9 cm³/mol. The lowest BCUT2D eigenvalue weighted by Gasteiger charge is -2.32. The van der Waals surface area contributed by atoms with Crippen LogP contribution in [0.2, 0.25) is 0 Å². The number of carbonyl (C=O) groups excluding carboxylic acids is 1. The number of carbonyl (C=O) groups is 3. The molecule has 0 radical (unpaired) electrons. The Morgan fingerprint density at radius 3 is 2.33 bits per heavy atom. The molecule has 0 spiro atoms. The van der Waals surface area contributed by atoms with E-state index in [-0.39, 0.29) is 5.41 Å². The van der Waals surface area contributed by atoms with Gasteiger partial charge >= 0.3 is 18.0 Å². The summed E-state index contributed by atoms with van der Waals surface area (Å²) in [6.07, 6.45) is 2.06. The van der Waals surface area contributed by atoms with Crippen LogP contribution in [0.25, 0.3) is 0 Å². The molecule has 1 aliphatic heterocycles. The van der Waals surface area contributed by atoms with Crippen LogP contribution >= 0.6 is 0 Å². The van der Waals surface area contributed by atoms with Gasteiger partial charge in [0.05, 0.1) is 6.42 Å². The van der Waals surface area contributed by atoms with Crippen molar-refractivity contribution in [1.29, 1.82) is 0 Å². The zero-order valence-electron chi connectivity index (χ0n) is 12.5. The highest BCUT2D eigenvalue weighted by Gasteiger charge is 2.27. The molecule has 2 amide bonds. The highest BCUT2D eigenvalue weighted by atomic mass is 16.4. The van der Waals surface area contributed by atoms with Crippen molar-refractivity contribution in [3.05, 3.63) is 11.6 Å². The summed E-state index contributed by atoms with van der Waals surface area (Å²) in [5.41, 5.74) is 1.31. The Bertz CT molecular complexity index is 464. The van der Waals surface area contributed by atoms with Gasteiger partial charge in [0.2, 0.25) is 0 Å². The van der Waals surface area contributed by atoms with Crippen LogP contribution in [0.3, 0.4) is 0 Å². The number of aliphatic carboxylic acids is 2. The van der Waals surface area contributed by atoms with E-state index in [0.29, 0.717) is 13.1 Å². The Morgan fingerprint density at radius 2 is 1.95 bits per heavy atom. The normalized spacial score (nSPS) is 16.9. The lowest BCUT2D eigenvalue weighted by Crippen LogP contribution is -2.50. The van der Waals surface area contributed by atoms with Gasteiger partial charge in [-0.1, -0.05) is 32.4 Å². The first kappa shape index (κ1) is 17.0. The van der Waals surface area contributed by atoms with E-state index in [1.165, 1.54) is 10.5 Å². The lowest BCUT2D eigenvalue weighted by atomic mass is 9.83. The number of rotatable bonds is 4. The van der Waals surface area contributed by atoms with Crippen LogP contribution in [0.4, 0.5) is 4.79 Å². The number of hydrogen-bond donors (Lipinski definition) is 3. The molecule has 0 aromatic rings. The summed E-state index contributed by atoms with van der Waals surface area (Å²) < 4.78 is 0. The van der Waals surface area contributed by atoms with Crippen LogP contribution < -0.4 is 5.32 Å². The first-order valence-electron chi connectivity index (χ1n) is 6.81. The Balaban J connectivity index is 2.63. The van der Waals surface area contributed by atoms with Gasteiger partial charge in [-0.2, -0.15) is 0 Å². The molecule has 1 atom stereocenters. The van der Waals surface area contributed by atoms with Gasteiger partial charge in [0.15, 0.2) is 0 Å². The highest BCUT2D eigenvalue weighted by Crippen LogP contribution is 2.29. The second-order valence-electron chi connectivity index (χ2n) is 6.11. The summed E-state index contributed by atoms with van der Waals surface area (Å²) in [5.74, 6) is -2.62. The van der Waals surface area contributed by atoms with Gasteiger partial charge in [-0.25, -0.2) is 9.59 Å². The Kier molecular flexibility index (Phi) is 5.34. The fourth-order valence-corrected chi connectivity index (χ4v) is 2.15. The van der Waals surface area contributed by atoms with Crippen LogP contribution in [-0.4, -0.2) is 52.2 Å².